The molecule has 208 valence electrons. The molecule has 3 aromatic carbocycles. The zero-order valence-corrected chi connectivity index (χ0v) is 24.0. The molecular formula is C34H40N4O2. The summed E-state index contributed by atoms with van der Waals surface area (Å²) in [5, 5.41) is 0. The number of nitrogens with two attached hydrogens (primary N) is 1. The quantitative estimate of drug-likeness (QED) is 0.267. The molecule has 0 aliphatic rings. The van der Waals surface area contributed by atoms with Gasteiger partial charge in [-0.1, -0.05) is 92.2 Å². The first kappa shape index (κ1) is 29.0. The largest absolute Gasteiger partial charge is 0.330 e. The Kier molecular flexibility index (Phi) is 9.67. The Morgan fingerprint density at radius 1 is 0.900 bits per heavy atom. The van der Waals surface area contributed by atoms with Gasteiger partial charge < -0.3 is 10.6 Å². The van der Waals surface area contributed by atoms with Gasteiger partial charge in [-0.3, -0.25) is 14.2 Å². The Balaban J connectivity index is 1.88. The van der Waals surface area contributed by atoms with Crippen LogP contribution < -0.4 is 11.3 Å². The van der Waals surface area contributed by atoms with Gasteiger partial charge in [0.15, 0.2) is 0 Å². The fourth-order valence-corrected chi connectivity index (χ4v) is 5.16. The predicted octanol–water partition coefficient (Wildman–Crippen LogP) is 5.69. The van der Waals surface area contributed by atoms with Gasteiger partial charge in [0, 0.05) is 29.8 Å². The molecule has 2 N–H and O–H groups in total. The number of hydrogen-bond acceptors (Lipinski definition) is 4. The van der Waals surface area contributed by atoms with Crippen LogP contribution in [0.3, 0.4) is 0 Å². The third-order valence-corrected chi connectivity index (χ3v) is 7.30. The standard InChI is InChI=1S/C34H40N4O2/c1-24(2)31(37(21-11-20-35)33(39)29-18-16-25(3)17-19-29)32-36-26(4)30(22-27-12-7-5-8-13-27)34(40)38(32)23-28-14-9-6-10-15-28/h5-10,12-19,24,31H,11,20-23,35H2,1-4H3. The SMILES string of the molecule is Cc1ccc(C(=O)N(CCCN)C(c2nc(C)c(Cc3ccccc3)c(=O)n2Cc2ccccc2)C(C)C)cc1. The molecule has 1 amide bonds. The van der Waals surface area contributed by atoms with Gasteiger partial charge in [-0.15, -0.1) is 0 Å². The molecular weight excluding hydrogens is 496 g/mol. The first-order chi connectivity index (χ1) is 19.3. The van der Waals surface area contributed by atoms with E-state index in [1.54, 1.807) is 4.57 Å². The maximum atomic E-state index is 14.3. The van der Waals surface area contributed by atoms with E-state index in [0.717, 1.165) is 16.7 Å². The van der Waals surface area contributed by atoms with Crippen LogP contribution in [-0.2, 0) is 13.0 Å². The van der Waals surface area contributed by atoms with Gasteiger partial charge in [0.1, 0.15) is 5.82 Å². The molecule has 4 rings (SSSR count). The molecule has 0 fully saturated rings. The fourth-order valence-electron chi connectivity index (χ4n) is 5.16. The first-order valence-electron chi connectivity index (χ1n) is 14.1. The summed E-state index contributed by atoms with van der Waals surface area (Å²) in [7, 11) is 0. The summed E-state index contributed by atoms with van der Waals surface area (Å²) in [5.41, 5.74) is 11.0. The first-order valence-corrected chi connectivity index (χ1v) is 14.1. The van der Waals surface area contributed by atoms with E-state index in [-0.39, 0.29) is 17.4 Å². The van der Waals surface area contributed by atoms with Gasteiger partial charge in [0.25, 0.3) is 11.5 Å². The van der Waals surface area contributed by atoms with E-state index in [1.807, 2.05) is 104 Å². The molecule has 0 spiro atoms. The summed E-state index contributed by atoms with van der Waals surface area (Å²) in [6, 6.07) is 27.1. The molecule has 1 atom stereocenters. The molecule has 4 aromatic rings. The second kappa shape index (κ2) is 13.4. The van der Waals surface area contributed by atoms with Crippen molar-refractivity contribution >= 4 is 5.91 Å². The zero-order chi connectivity index (χ0) is 28.6. The van der Waals surface area contributed by atoms with Gasteiger partial charge in [-0.25, -0.2) is 4.98 Å². The highest BCUT2D eigenvalue weighted by Gasteiger charge is 2.33. The highest BCUT2D eigenvalue weighted by atomic mass is 16.2. The molecule has 0 bridgehead atoms. The summed E-state index contributed by atoms with van der Waals surface area (Å²) in [6.07, 6.45) is 1.15. The van der Waals surface area contributed by atoms with E-state index in [9.17, 15) is 9.59 Å². The van der Waals surface area contributed by atoms with Gasteiger partial charge in [0.2, 0.25) is 0 Å². The molecule has 1 unspecified atom stereocenters. The molecule has 1 aromatic heterocycles. The number of hydrogen-bond donors (Lipinski definition) is 1. The number of carbonyl (C=O) groups is 1. The number of aromatic nitrogens is 2. The van der Waals surface area contributed by atoms with Crippen molar-refractivity contribution in [3.63, 3.8) is 0 Å². The van der Waals surface area contributed by atoms with Crippen molar-refractivity contribution in [1.82, 2.24) is 14.5 Å². The average Bonchev–Trinajstić information content (AvgIpc) is 2.96. The van der Waals surface area contributed by atoms with Crippen LogP contribution in [0, 0.1) is 19.8 Å². The Hall–Kier alpha value is -4.03. The van der Waals surface area contributed by atoms with Gasteiger partial charge >= 0.3 is 0 Å². The number of rotatable bonds is 11. The van der Waals surface area contributed by atoms with Crippen LogP contribution >= 0.6 is 0 Å². The van der Waals surface area contributed by atoms with Crippen LogP contribution in [0.5, 0.6) is 0 Å². The third kappa shape index (κ3) is 6.75. The van der Waals surface area contributed by atoms with Crippen molar-refractivity contribution in [2.24, 2.45) is 11.7 Å². The monoisotopic (exact) mass is 536 g/mol. The van der Waals surface area contributed by atoms with Crippen molar-refractivity contribution < 1.29 is 4.79 Å². The van der Waals surface area contributed by atoms with Crippen LogP contribution in [0.4, 0.5) is 0 Å². The minimum absolute atomic E-state index is 0.000435. The fraction of sp³-hybridized carbons (Fsp3) is 0.324. The summed E-state index contributed by atoms with van der Waals surface area (Å²) in [5.74, 6) is 0.523. The number of nitrogens with zero attached hydrogens (tertiary/aromatic N) is 3. The minimum atomic E-state index is -0.416. The van der Waals surface area contributed by atoms with Gasteiger partial charge in [0.05, 0.1) is 12.6 Å². The summed E-state index contributed by atoms with van der Waals surface area (Å²) >= 11 is 0. The predicted molar refractivity (Wildman–Crippen MR) is 161 cm³/mol. The second-order valence-corrected chi connectivity index (χ2v) is 10.8. The Morgan fingerprint density at radius 2 is 1.50 bits per heavy atom. The maximum absolute atomic E-state index is 14.3. The molecule has 0 aliphatic heterocycles. The van der Waals surface area contributed by atoms with Crippen LogP contribution in [-0.4, -0.2) is 33.4 Å². The molecule has 6 nitrogen and oxygen atoms in total. The molecule has 0 aliphatic carbocycles. The Labute approximate surface area is 237 Å². The van der Waals surface area contributed by atoms with Crippen molar-refractivity contribution in [2.45, 2.75) is 53.1 Å². The molecule has 0 saturated carbocycles. The lowest BCUT2D eigenvalue weighted by atomic mass is 9.98. The van der Waals surface area contributed by atoms with Crippen LogP contribution in [0.15, 0.2) is 89.7 Å². The lowest BCUT2D eigenvalue weighted by Gasteiger charge is -2.36. The van der Waals surface area contributed by atoms with E-state index in [4.69, 9.17) is 10.7 Å². The summed E-state index contributed by atoms with van der Waals surface area (Å²) in [4.78, 5) is 35.2. The smallest absolute Gasteiger partial charge is 0.257 e. The molecule has 6 heteroatoms. The lowest BCUT2D eigenvalue weighted by Crippen LogP contribution is -2.43. The molecule has 40 heavy (non-hydrogen) atoms. The van der Waals surface area contributed by atoms with E-state index in [1.165, 1.54) is 0 Å². The lowest BCUT2D eigenvalue weighted by molar-refractivity contribution is 0.0601. The average molecular weight is 537 g/mol. The van der Waals surface area contributed by atoms with Crippen molar-refractivity contribution in [3.8, 4) is 0 Å². The van der Waals surface area contributed by atoms with E-state index in [2.05, 4.69) is 13.8 Å². The van der Waals surface area contributed by atoms with Crippen molar-refractivity contribution in [3.05, 3.63) is 135 Å². The highest BCUT2D eigenvalue weighted by Crippen LogP contribution is 2.30. The van der Waals surface area contributed by atoms with E-state index >= 15 is 0 Å². The van der Waals surface area contributed by atoms with E-state index < -0.39 is 6.04 Å². The second-order valence-electron chi connectivity index (χ2n) is 10.8. The normalized spacial score (nSPS) is 11.9. The third-order valence-electron chi connectivity index (χ3n) is 7.30. The Morgan fingerprint density at radius 3 is 2.08 bits per heavy atom. The molecule has 0 radical (unpaired) electrons. The molecule has 1 heterocycles. The van der Waals surface area contributed by atoms with Crippen LogP contribution in [0.25, 0.3) is 0 Å². The maximum Gasteiger partial charge on any atom is 0.257 e. The van der Waals surface area contributed by atoms with E-state index in [0.29, 0.717) is 55.1 Å². The summed E-state index contributed by atoms with van der Waals surface area (Å²) < 4.78 is 1.78. The topological polar surface area (TPSA) is 81.2 Å². The highest BCUT2D eigenvalue weighted by molar-refractivity contribution is 5.94. The molecule has 0 saturated heterocycles. The number of aryl methyl sites for hydroxylation is 2. The Bertz CT molecular complexity index is 1460. The number of benzene rings is 3. The van der Waals surface area contributed by atoms with Gasteiger partial charge in [-0.2, -0.15) is 0 Å². The van der Waals surface area contributed by atoms with Crippen molar-refractivity contribution in [2.75, 3.05) is 13.1 Å². The summed E-state index contributed by atoms with van der Waals surface area (Å²) in [6.45, 7) is 9.36. The van der Waals surface area contributed by atoms with Crippen LogP contribution in [0.2, 0.25) is 0 Å². The zero-order valence-electron chi connectivity index (χ0n) is 24.0. The number of carbonyl (C=O) groups excluding carboxylic acids is 1. The minimum Gasteiger partial charge on any atom is -0.330 e. The van der Waals surface area contributed by atoms with Gasteiger partial charge in [-0.05, 0) is 56.0 Å². The number of amides is 1. The van der Waals surface area contributed by atoms with Crippen LogP contribution in [0.1, 0.15) is 70.4 Å². The van der Waals surface area contributed by atoms with Crippen molar-refractivity contribution in [1.29, 1.82) is 0 Å².